The monoisotopic (exact) mass is 617 g/mol. The number of rotatable bonds is 11. The van der Waals surface area contributed by atoms with Crippen molar-refractivity contribution < 1.29 is 28.3 Å². The fourth-order valence-corrected chi connectivity index (χ4v) is 8.96. The molecule has 0 unspecified atom stereocenters. The van der Waals surface area contributed by atoms with E-state index in [1.165, 1.54) is 29.2 Å². The van der Waals surface area contributed by atoms with E-state index in [2.05, 4.69) is 32.8 Å². The lowest BCUT2D eigenvalue weighted by molar-refractivity contribution is -0.163. The van der Waals surface area contributed by atoms with Crippen LogP contribution in [0.5, 0.6) is 0 Å². The SMILES string of the molecule is C=CCOC(=O)C1=C(Sc2nc(C3=CCN(C(=O)OCC=C)[C@H](C)C3)cs2)[C@H](C)[C@@H]2[C@@H]([C@@H](C)O[Si](C)(C)C)C(=O)N12. The quantitative estimate of drug-likeness (QED) is 0.135. The lowest BCUT2D eigenvalue weighted by Crippen LogP contribution is -2.64. The molecule has 0 spiro atoms. The molecule has 0 saturated carbocycles. The fourth-order valence-electron chi connectivity index (χ4n) is 5.59. The maximum atomic E-state index is 13.4. The highest BCUT2D eigenvalue weighted by Gasteiger charge is 2.61. The Labute approximate surface area is 251 Å². The van der Waals surface area contributed by atoms with Crippen LogP contribution in [0.3, 0.4) is 0 Å². The molecule has 1 saturated heterocycles. The summed E-state index contributed by atoms with van der Waals surface area (Å²) in [6.07, 6.45) is 5.11. The van der Waals surface area contributed by atoms with E-state index in [4.69, 9.17) is 18.9 Å². The number of β-lactam (4-membered cyclic amide) rings is 1. The maximum absolute atomic E-state index is 13.4. The Hall–Kier alpha value is -2.67. The van der Waals surface area contributed by atoms with Crippen LogP contribution in [0.15, 0.2) is 51.7 Å². The number of thioether (sulfide) groups is 1. The highest BCUT2D eigenvalue weighted by Crippen LogP contribution is 2.53. The summed E-state index contributed by atoms with van der Waals surface area (Å²) in [4.78, 5) is 47.9. The number of hydrogen-bond donors (Lipinski definition) is 0. The van der Waals surface area contributed by atoms with Gasteiger partial charge in [-0.25, -0.2) is 14.6 Å². The van der Waals surface area contributed by atoms with Gasteiger partial charge in [0.05, 0.1) is 23.8 Å². The molecular weight excluding hydrogens is 579 g/mol. The van der Waals surface area contributed by atoms with Crippen molar-refractivity contribution in [2.24, 2.45) is 11.8 Å². The van der Waals surface area contributed by atoms with Crippen LogP contribution in [0.2, 0.25) is 19.6 Å². The number of carbonyl (C=O) groups excluding carboxylic acids is 3. The molecule has 0 aromatic carbocycles. The predicted molar refractivity (Wildman–Crippen MR) is 164 cm³/mol. The average Bonchev–Trinajstić information content (AvgIpc) is 3.46. The molecule has 4 rings (SSSR count). The van der Waals surface area contributed by atoms with Gasteiger partial charge in [0, 0.05) is 28.8 Å². The fraction of sp³-hybridized carbons (Fsp3) is 0.517. The molecule has 3 aliphatic rings. The minimum Gasteiger partial charge on any atom is -0.457 e. The molecular formula is C29H39N3O6S2Si. The van der Waals surface area contributed by atoms with E-state index < -0.39 is 14.3 Å². The maximum Gasteiger partial charge on any atom is 0.410 e. The van der Waals surface area contributed by atoms with E-state index >= 15 is 0 Å². The van der Waals surface area contributed by atoms with Crippen LogP contribution >= 0.6 is 23.1 Å². The lowest BCUT2D eigenvalue weighted by Gasteiger charge is -2.48. The first-order valence-corrected chi connectivity index (χ1v) is 18.9. The Morgan fingerprint density at radius 3 is 2.54 bits per heavy atom. The Bertz CT molecular complexity index is 1290. The van der Waals surface area contributed by atoms with E-state index in [9.17, 15) is 14.4 Å². The van der Waals surface area contributed by atoms with Gasteiger partial charge in [0.25, 0.3) is 0 Å². The molecule has 9 nitrogen and oxygen atoms in total. The van der Waals surface area contributed by atoms with Gasteiger partial charge in [0.1, 0.15) is 18.9 Å². The number of thiazole rings is 1. The highest BCUT2D eigenvalue weighted by atomic mass is 32.2. The third-order valence-electron chi connectivity index (χ3n) is 7.31. The van der Waals surface area contributed by atoms with Crippen LogP contribution in [-0.2, 0) is 23.5 Å². The van der Waals surface area contributed by atoms with Crippen molar-refractivity contribution in [2.75, 3.05) is 19.8 Å². The normalized spacial score (nSPS) is 24.8. The molecule has 12 heteroatoms. The molecule has 1 aromatic rings. The molecule has 0 aliphatic carbocycles. The average molecular weight is 618 g/mol. The van der Waals surface area contributed by atoms with Gasteiger partial charge in [-0.15, -0.1) is 11.3 Å². The van der Waals surface area contributed by atoms with Gasteiger partial charge in [-0.3, -0.25) is 4.79 Å². The standard InChI is InChI=1S/C29H39N3O6S2Si/c1-9-13-36-27(34)24-25(18(4)23-22(26(33)32(23)24)19(5)38-41(6,7)8)40-28-30-21(16-39-28)20-11-12-31(17(3)15-20)29(35)37-14-10-2/h9-11,16-19,22-23H,1-2,12-15H2,3-8H3/t17-,18-,19-,22-,23-/m1/s1. The Balaban J connectivity index is 1.55. The van der Waals surface area contributed by atoms with Gasteiger partial charge in [-0.05, 0) is 45.5 Å². The Morgan fingerprint density at radius 1 is 1.22 bits per heavy atom. The predicted octanol–water partition coefficient (Wildman–Crippen LogP) is 5.69. The summed E-state index contributed by atoms with van der Waals surface area (Å²) in [6, 6.07) is -0.212. The second-order valence-electron chi connectivity index (χ2n) is 11.4. The van der Waals surface area contributed by atoms with Crippen molar-refractivity contribution in [2.45, 2.75) is 69.4 Å². The zero-order chi connectivity index (χ0) is 30.1. The van der Waals surface area contributed by atoms with Crippen LogP contribution < -0.4 is 0 Å². The molecule has 41 heavy (non-hydrogen) atoms. The van der Waals surface area contributed by atoms with Crippen LogP contribution in [0.25, 0.3) is 5.57 Å². The first-order valence-electron chi connectivity index (χ1n) is 13.8. The highest BCUT2D eigenvalue weighted by molar-refractivity contribution is 8.04. The third-order valence-corrected chi connectivity index (χ3v) is 10.6. The molecule has 3 aliphatic heterocycles. The lowest BCUT2D eigenvalue weighted by atomic mass is 9.79. The van der Waals surface area contributed by atoms with E-state index in [0.29, 0.717) is 18.7 Å². The van der Waals surface area contributed by atoms with Crippen molar-refractivity contribution in [1.29, 1.82) is 0 Å². The zero-order valence-corrected chi connectivity index (χ0v) is 27.2. The first-order chi connectivity index (χ1) is 19.4. The van der Waals surface area contributed by atoms with Crippen LogP contribution in [-0.4, -0.2) is 79.0 Å². The number of carbonyl (C=O) groups is 3. The summed E-state index contributed by atoms with van der Waals surface area (Å²) in [7, 11) is -1.87. The van der Waals surface area contributed by atoms with Crippen molar-refractivity contribution in [3.05, 3.63) is 53.1 Å². The van der Waals surface area contributed by atoms with E-state index in [0.717, 1.165) is 20.5 Å². The molecule has 0 radical (unpaired) electrons. The molecule has 4 heterocycles. The van der Waals surface area contributed by atoms with E-state index in [1.54, 1.807) is 15.9 Å². The molecule has 2 amide bonds. The first kappa shape index (κ1) is 31.3. The van der Waals surface area contributed by atoms with Gasteiger partial charge in [0.2, 0.25) is 5.91 Å². The van der Waals surface area contributed by atoms with Crippen LogP contribution in [0.1, 0.15) is 32.9 Å². The minimum atomic E-state index is -1.87. The van der Waals surface area contributed by atoms with Gasteiger partial charge in [-0.1, -0.05) is 50.1 Å². The number of amides is 2. The van der Waals surface area contributed by atoms with Gasteiger partial charge in [-0.2, -0.15) is 0 Å². The van der Waals surface area contributed by atoms with Gasteiger partial charge in [0.15, 0.2) is 12.7 Å². The molecule has 0 N–H and O–H groups in total. The number of ether oxygens (including phenoxy) is 2. The summed E-state index contributed by atoms with van der Waals surface area (Å²) in [5, 5.41) is 2.00. The number of nitrogens with zero attached hydrogens (tertiary/aromatic N) is 3. The summed E-state index contributed by atoms with van der Waals surface area (Å²) < 4.78 is 17.7. The largest absolute Gasteiger partial charge is 0.457 e. The molecule has 1 fully saturated rings. The summed E-state index contributed by atoms with van der Waals surface area (Å²) in [6.45, 7) is 20.2. The molecule has 222 valence electrons. The van der Waals surface area contributed by atoms with Crippen molar-refractivity contribution in [3.8, 4) is 0 Å². The summed E-state index contributed by atoms with van der Waals surface area (Å²) in [5.74, 6) is -1.04. The summed E-state index contributed by atoms with van der Waals surface area (Å²) in [5.41, 5.74) is 2.20. The smallest absolute Gasteiger partial charge is 0.410 e. The van der Waals surface area contributed by atoms with Gasteiger partial charge < -0.3 is 23.7 Å². The number of hydrogen-bond acceptors (Lipinski definition) is 9. The minimum absolute atomic E-state index is 0.0411. The molecule has 1 aromatic heterocycles. The van der Waals surface area contributed by atoms with Crippen molar-refractivity contribution >= 4 is 55.0 Å². The Kier molecular flexibility index (Phi) is 9.67. The third kappa shape index (κ3) is 6.55. The summed E-state index contributed by atoms with van der Waals surface area (Å²) >= 11 is 2.91. The van der Waals surface area contributed by atoms with Crippen molar-refractivity contribution in [3.63, 3.8) is 0 Å². The topological polar surface area (TPSA) is 98.3 Å². The number of esters is 1. The molecule has 5 atom stereocenters. The van der Waals surface area contributed by atoms with E-state index in [1.807, 2.05) is 32.2 Å². The van der Waals surface area contributed by atoms with Crippen LogP contribution in [0.4, 0.5) is 4.79 Å². The number of fused-ring (bicyclic) bond motifs is 1. The van der Waals surface area contributed by atoms with Crippen molar-refractivity contribution in [1.82, 2.24) is 14.8 Å². The Morgan fingerprint density at radius 2 is 1.90 bits per heavy atom. The van der Waals surface area contributed by atoms with Gasteiger partial charge >= 0.3 is 12.1 Å². The van der Waals surface area contributed by atoms with E-state index in [-0.39, 0.29) is 55.2 Å². The zero-order valence-electron chi connectivity index (χ0n) is 24.5. The number of aromatic nitrogens is 1. The molecule has 0 bridgehead atoms. The van der Waals surface area contributed by atoms with Crippen LogP contribution in [0, 0.1) is 11.8 Å². The second-order valence-corrected chi connectivity index (χ2v) is 18.1. The second kappa shape index (κ2) is 12.7.